The van der Waals surface area contributed by atoms with E-state index in [1.165, 1.54) is 33.4 Å². The number of hydrogen-bond acceptors (Lipinski definition) is 4. The first-order valence-corrected chi connectivity index (χ1v) is 25.5. The quantitative estimate of drug-likeness (QED) is 0.128. The summed E-state index contributed by atoms with van der Waals surface area (Å²) in [5.74, 6) is 2.05. The van der Waals surface area contributed by atoms with Crippen LogP contribution in [0.2, 0.25) is 0 Å². The van der Waals surface area contributed by atoms with E-state index in [1.807, 2.05) is 12.3 Å². The molecule has 6 heteroatoms. The van der Waals surface area contributed by atoms with Crippen molar-refractivity contribution in [3.05, 3.63) is 254 Å². The van der Waals surface area contributed by atoms with Gasteiger partial charge in [0.05, 0.1) is 0 Å². The van der Waals surface area contributed by atoms with Gasteiger partial charge in [0.2, 0.25) is 0 Å². The van der Waals surface area contributed by atoms with Crippen molar-refractivity contribution < 1.29 is 25.8 Å². The first-order valence-electron chi connectivity index (χ1n) is 25.5. The Morgan fingerprint density at radius 1 is 0.453 bits per heavy atom. The summed E-state index contributed by atoms with van der Waals surface area (Å²) in [6.45, 7) is 25.0. The van der Waals surface area contributed by atoms with Crippen molar-refractivity contribution >= 4 is 44.6 Å². The van der Waals surface area contributed by atoms with Gasteiger partial charge >= 0.3 is 21.1 Å². The van der Waals surface area contributed by atoms with Crippen LogP contribution in [0.5, 0.6) is 11.5 Å². The van der Waals surface area contributed by atoms with Gasteiger partial charge in [-0.1, -0.05) is 196 Å². The molecule has 0 spiro atoms. The summed E-state index contributed by atoms with van der Waals surface area (Å²) >= 11 is 0. The zero-order valence-corrected chi connectivity index (χ0v) is 47.3. The minimum Gasteiger partial charge on any atom is -0.509 e. The summed E-state index contributed by atoms with van der Waals surface area (Å²) in [4.78, 5) is 9.58. The Morgan fingerprint density at radius 3 is 1.63 bits per heavy atom. The van der Waals surface area contributed by atoms with Crippen LogP contribution in [0.4, 0.5) is 22.7 Å². The SMILES string of the molecule is CC(C)(C)c1cc(Oc2[c-]c3c(cc2)c2cc(-c4ccccc4)ccc2n3-c2cc(C(C)(C)C)ccn2)[c-]c(N2[CH-]N(c3cc(C(C)(C)c4ccccc4)cc(C(C)(C)c4ccccc4)c3)c3ccccc32)c1.[CH3-].[Pt+4]. The Balaban J connectivity index is 0.00000344. The molecule has 75 heavy (non-hydrogen) atoms. The molecular formula is C69H66N4OPt. The molecule has 378 valence electrons. The minimum absolute atomic E-state index is 0. The Kier molecular flexibility index (Phi) is 14.1. The van der Waals surface area contributed by atoms with Crippen molar-refractivity contribution in [2.75, 3.05) is 9.80 Å². The molecule has 0 aliphatic carbocycles. The normalized spacial score (nSPS) is 12.9. The second kappa shape index (κ2) is 20.2. The van der Waals surface area contributed by atoms with Crippen LogP contribution in [-0.2, 0) is 42.7 Å². The van der Waals surface area contributed by atoms with Gasteiger partial charge in [0.1, 0.15) is 5.82 Å². The smallest absolute Gasteiger partial charge is 0.509 e. The van der Waals surface area contributed by atoms with Crippen LogP contribution in [0.3, 0.4) is 0 Å². The van der Waals surface area contributed by atoms with E-state index in [1.54, 1.807) is 0 Å². The fourth-order valence-corrected chi connectivity index (χ4v) is 10.3. The average molecular weight is 1160 g/mol. The number of benzene rings is 8. The fourth-order valence-electron chi connectivity index (χ4n) is 10.3. The first kappa shape index (κ1) is 52.7. The van der Waals surface area contributed by atoms with E-state index in [-0.39, 0.29) is 50.2 Å². The van der Waals surface area contributed by atoms with Gasteiger partial charge in [0.15, 0.2) is 0 Å². The molecule has 0 saturated carbocycles. The van der Waals surface area contributed by atoms with Crippen LogP contribution >= 0.6 is 0 Å². The number of fused-ring (bicyclic) bond motifs is 4. The average Bonchev–Trinajstić information content (AvgIpc) is 3.95. The van der Waals surface area contributed by atoms with Crippen LogP contribution in [0.1, 0.15) is 103 Å². The molecule has 0 atom stereocenters. The Hall–Kier alpha value is -7.20. The van der Waals surface area contributed by atoms with Crippen molar-refractivity contribution in [1.29, 1.82) is 0 Å². The second-order valence-electron chi connectivity index (χ2n) is 22.7. The molecule has 3 heterocycles. The van der Waals surface area contributed by atoms with Gasteiger partial charge in [0, 0.05) is 51.1 Å². The zero-order valence-electron chi connectivity index (χ0n) is 45.1. The number of anilines is 4. The van der Waals surface area contributed by atoms with Gasteiger partial charge < -0.3 is 26.5 Å². The predicted octanol–water partition coefficient (Wildman–Crippen LogP) is 18.3. The van der Waals surface area contributed by atoms with Crippen LogP contribution in [0.15, 0.2) is 194 Å². The molecule has 0 saturated heterocycles. The number of pyridine rings is 1. The predicted molar refractivity (Wildman–Crippen MR) is 311 cm³/mol. The Morgan fingerprint density at radius 2 is 1.03 bits per heavy atom. The zero-order chi connectivity index (χ0) is 50.9. The molecule has 10 aromatic rings. The monoisotopic (exact) mass is 1160 g/mol. The third-order valence-electron chi connectivity index (χ3n) is 15.0. The molecule has 5 nitrogen and oxygen atoms in total. The Labute approximate surface area is 460 Å². The summed E-state index contributed by atoms with van der Waals surface area (Å²) in [5.41, 5.74) is 15.0. The number of aromatic nitrogens is 2. The molecule has 0 N–H and O–H groups in total. The van der Waals surface area contributed by atoms with E-state index in [0.29, 0.717) is 11.5 Å². The molecule has 1 aliphatic rings. The summed E-state index contributed by atoms with van der Waals surface area (Å²) in [7, 11) is 0. The van der Waals surface area contributed by atoms with Crippen molar-refractivity contribution in [3.63, 3.8) is 0 Å². The van der Waals surface area contributed by atoms with Gasteiger partial charge in [-0.2, -0.15) is 6.07 Å². The van der Waals surface area contributed by atoms with Crippen molar-refractivity contribution in [3.8, 4) is 28.4 Å². The van der Waals surface area contributed by atoms with Gasteiger partial charge in [-0.15, -0.1) is 53.6 Å². The van der Waals surface area contributed by atoms with Gasteiger partial charge in [-0.05, 0) is 97.6 Å². The molecule has 8 aromatic carbocycles. The largest absolute Gasteiger partial charge is 4.00 e. The molecule has 0 amide bonds. The molecule has 11 rings (SSSR count). The maximum atomic E-state index is 6.97. The molecule has 0 fully saturated rings. The molecule has 0 radical (unpaired) electrons. The Bertz CT molecular complexity index is 3590. The molecule has 0 bridgehead atoms. The van der Waals surface area contributed by atoms with Crippen LogP contribution in [0.25, 0.3) is 38.8 Å². The summed E-state index contributed by atoms with van der Waals surface area (Å²) in [6, 6.07) is 75.2. The van der Waals surface area contributed by atoms with Gasteiger partial charge in [0.25, 0.3) is 0 Å². The van der Waals surface area contributed by atoms with Gasteiger partial charge in [-0.25, -0.2) is 4.98 Å². The third-order valence-corrected chi connectivity index (χ3v) is 15.0. The van der Waals surface area contributed by atoms with E-state index in [9.17, 15) is 0 Å². The van der Waals surface area contributed by atoms with E-state index in [2.05, 4.69) is 284 Å². The van der Waals surface area contributed by atoms with E-state index in [0.717, 1.165) is 61.5 Å². The van der Waals surface area contributed by atoms with E-state index < -0.39 is 0 Å². The molecule has 0 unspecified atom stereocenters. The van der Waals surface area contributed by atoms with Crippen molar-refractivity contribution in [2.45, 2.75) is 90.9 Å². The first-order chi connectivity index (χ1) is 34.9. The number of rotatable bonds is 10. The van der Waals surface area contributed by atoms with Crippen molar-refractivity contribution in [1.82, 2.24) is 9.55 Å². The summed E-state index contributed by atoms with van der Waals surface area (Å²) in [5, 5.41) is 2.20. The molecular weight excluding hydrogens is 1100 g/mol. The summed E-state index contributed by atoms with van der Waals surface area (Å²) < 4.78 is 9.20. The number of para-hydroxylation sites is 2. The maximum absolute atomic E-state index is 6.97. The van der Waals surface area contributed by atoms with Gasteiger partial charge in [-0.3, -0.25) is 0 Å². The van der Waals surface area contributed by atoms with Crippen molar-refractivity contribution in [2.24, 2.45) is 0 Å². The third kappa shape index (κ3) is 9.96. The fraction of sp³-hybridized carbons (Fsp3) is 0.203. The number of hydrogen-bond donors (Lipinski definition) is 0. The number of nitrogens with zero attached hydrogens (tertiary/aromatic N) is 4. The van der Waals surface area contributed by atoms with E-state index >= 15 is 0 Å². The molecule has 1 aliphatic heterocycles. The minimum atomic E-state index is -0.273. The molecule has 2 aromatic heterocycles. The van der Waals surface area contributed by atoms with Crippen LogP contribution in [0, 0.1) is 26.2 Å². The topological polar surface area (TPSA) is 33.5 Å². The summed E-state index contributed by atoms with van der Waals surface area (Å²) in [6.07, 6.45) is 1.92. The number of ether oxygens (including phenoxy) is 1. The van der Waals surface area contributed by atoms with E-state index in [4.69, 9.17) is 9.72 Å². The maximum Gasteiger partial charge on any atom is 4.00 e. The van der Waals surface area contributed by atoms with Crippen LogP contribution in [-0.4, -0.2) is 9.55 Å². The standard InChI is InChI=1S/C68H63N4O.CH3.Pt/c1-65(2,3)50-34-35-69-64(42-50)72-60-33-30-47(46-22-14-11-15-23-46)36-59(60)58-32-31-56(44-63(58)72)73-57-41-51(66(4,5)6)38-55(43-57)71-45-70(61-28-20-21-29-62(61)71)54-39-52(67(7,8)48-24-16-12-17-25-48)37-53(40-54)68(9,10)49-26-18-13-19-27-49;;/h11-42,45H,1-10H3;1H3;/q-3;-1;+4. The van der Waals surface area contributed by atoms with Crippen LogP contribution < -0.4 is 14.5 Å². The second-order valence-corrected chi connectivity index (χ2v) is 22.7.